The molecule has 1 aromatic carbocycles. The van der Waals surface area contributed by atoms with Crippen LogP contribution in [0.1, 0.15) is 61.1 Å². The number of carbonyl (C=O) groups is 2. The van der Waals surface area contributed by atoms with Crippen LogP contribution in [-0.4, -0.2) is 52.4 Å². The zero-order chi connectivity index (χ0) is 25.6. The predicted octanol–water partition coefficient (Wildman–Crippen LogP) is 3.49. The molecule has 196 valence electrons. The monoisotopic (exact) mass is 524 g/mol. The summed E-state index contributed by atoms with van der Waals surface area (Å²) >= 11 is 1.22. The highest BCUT2D eigenvalue weighted by molar-refractivity contribution is 7.99. The van der Waals surface area contributed by atoms with E-state index in [4.69, 9.17) is 14.1 Å². The molecule has 9 nitrogen and oxygen atoms in total. The summed E-state index contributed by atoms with van der Waals surface area (Å²) in [5, 5.41) is 6.83. The molecule has 1 atom stereocenters. The number of carbonyl (C=O) groups excluding carboxylic acids is 2. The molecule has 0 unspecified atom stereocenters. The van der Waals surface area contributed by atoms with E-state index in [2.05, 4.69) is 10.6 Å². The van der Waals surface area contributed by atoms with E-state index in [0.29, 0.717) is 33.9 Å². The third-order valence-electron chi connectivity index (χ3n) is 6.89. The molecular weight excluding hydrogens is 492 g/mol. The Morgan fingerprint density at radius 3 is 2.73 bits per heavy atom. The Morgan fingerprint density at radius 2 is 1.97 bits per heavy atom. The third-order valence-corrected chi connectivity index (χ3v) is 7.87. The first-order valence-electron chi connectivity index (χ1n) is 13.0. The molecule has 1 saturated heterocycles. The number of amides is 2. The average molecular weight is 525 g/mol. The molecule has 3 heterocycles. The summed E-state index contributed by atoms with van der Waals surface area (Å²) in [5.74, 6) is 0.453. The van der Waals surface area contributed by atoms with Crippen molar-refractivity contribution in [3.63, 3.8) is 0 Å². The van der Waals surface area contributed by atoms with Crippen LogP contribution >= 0.6 is 11.8 Å². The number of nitrogens with one attached hydrogen (secondary N) is 2. The SMILES string of the molecule is O=C(CSc1nc2cc(C(=O)NC[C@H]3CCCO3)ccc2c(=O)n1Cc1ccco1)NC1CCCCC1. The van der Waals surface area contributed by atoms with E-state index in [-0.39, 0.29) is 41.8 Å². The highest BCUT2D eigenvalue weighted by atomic mass is 32.2. The van der Waals surface area contributed by atoms with Crippen molar-refractivity contribution in [3.05, 3.63) is 58.3 Å². The predicted molar refractivity (Wildman–Crippen MR) is 141 cm³/mol. The van der Waals surface area contributed by atoms with Gasteiger partial charge in [0.1, 0.15) is 5.76 Å². The van der Waals surface area contributed by atoms with Crippen molar-refractivity contribution in [2.24, 2.45) is 0 Å². The summed E-state index contributed by atoms with van der Waals surface area (Å²) in [6.45, 7) is 1.38. The molecule has 2 fully saturated rings. The fourth-order valence-corrected chi connectivity index (χ4v) is 5.72. The number of nitrogens with zero attached hydrogens (tertiary/aromatic N) is 2. The van der Waals surface area contributed by atoms with Crippen LogP contribution in [-0.2, 0) is 16.1 Å². The lowest BCUT2D eigenvalue weighted by Crippen LogP contribution is -2.37. The molecule has 1 aliphatic heterocycles. The Kier molecular flexibility index (Phi) is 8.25. The molecule has 2 aliphatic rings. The normalized spacial score (nSPS) is 18.2. The number of thioether (sulfide) groups is 1. The molecule has 3 aromatic rings. The second-order valence-electron chi connectivity index (χ2n) is 9.63. The molecule has 2 aromatic heterocycles. The van der Waals surface area contributed by atoms with E-state index >= 15 is 0 Å². The van der Waals surface area contributed by atoms with Gasteiger partial charge in [0.25, 0.3) is 11.5 Å². The van der Waals surface area contributed by atoms with Crippen molar-refractivity contribution in [1.82, 2.24) is 20.2 Å². The Balaban J connectivity index is 1.37. The molecule has 10 heteroatoms. The van der Waals surface area contributed by atoms with Crippen LogP contribution in [0.25, 0.3) is 10.9 Å². The fraction of sp³-hybridized carbons (Fsp3) is 0.481. The van der Waals surface area contributed by atoms with Crippen LogP contribution < -0.4 is 16.2 Å². The minimum Gasteiger partial charge on any atom is -0.467 e. The number of aromatic nitrogens is 2. The van der Waals surface area contributed by atoms with E-state index in [1.165, 1.54) is 22.7 Å². The van der Waals surface area contributed by atoms with Crippen LogP contribution in [0, 0.1) is 0 Å². The van der Waals surface area contributed by atoms with Crippen molar-refractivity contribution >= 4 is 34.5 Å². The minimum atomic E-state index is -0.247. The lowest BCUT2D eigenvalue weighted by atomic mass is 9.95. The van der Waals surface area contributed by atoms with E-state index < -0.39 is 0 Å². The summed E-state index contributed by atoms with van der Waals surface area (Å²) in [5.41, 5.74) is 0.593. The van der Waals surface area contributed by atoms with Gasteiger partial charge in [0.05, 0.1) is 35.6 Å². The summed E-state index contributed by atoms with van der Waals surface area (Å²) in [4.78, 5) is 43.6. The maximum absolute atomic E-state index is 13.5. The maximum atomic E-state index is 13.5. The van der Waals surface area contributed by atoms with Crippen LogP contribution in [0.2, 0.25) is 0 Å². The van der Waals surface area contributed by atoms with Gasteiger partial charge in [-0.05, 0) is 56.0 Å². The summed E-state index contributed by atoms with van der Waals surface area (Å²) in [7, 11) is 0. The fourth-order valence-electron chi connectivity index (χ4n) is 4.91. The van der Waals surface area contributed by atoms with Crippen molar-refractivity contribution in [2.45, 2.75) is 68.8 Å². The molecule has 0 spiro atoms. The second-order valence-corrected chi connectivity index (χ2v) is 10.6. The molecule has 37 heavy (non-hydrogen) atoms. The van der Waals surface area contributed by atoms with Crippen LogP contribution in [0.3, 0.4) is 0 Å². The highest BCUT2D eigenvalue weighted by Crippen LogP contribution is 2.22. The van der Waals surface area contributed by atoms with Gasteiger partial charge in [-0.25, -0.2) is 4.98 Å². The van der Waals surface area contributed by atoms with Crippen molar-refractivity contribution in [1.29, 1.82) is 0 Å². The first-order valence-corrected chi connectivity index (χ1v) is 13.9. The molecule has 5 rings (SSSR count). The van der Waals surface area contributed by atoms with Gasteiger partial charge in [0.2, 0.25) is 5.91 Å². The molecule has 2 N–H and O–H groups in total. The van der Waals surface area contributed by atoms with E-state index in [1.54, 1.807) is 36.6 Å². The van der Waals surface area contributed by atoms with Crippen molar-refractivity contribution in [2.75, 3.05) is 18.9 Å². The van der Waals surface area contributed by atoms with Gasteiger partial charge in [-0.1, -0.05) is 31.0 Å². The molecular formula is C27H32N4O5S. The summed E-state index contributed by atoms with van der Waals surface area (Å²) in [6, 6.07) is 8.67. The first-order chi connectivity index (χ1) is 18.1. The Labute approximate surface area is 219 Å². The molecule has 0 bridgehead atoms. The number of ether oxygens (including phenoxy) is 1. The number of rotatable bonds is 9. The lowest BCUT2D eigenvalue weighted by Gasteiger charge is -2.22. The first kappa shape index (κ1) is 25.5. The number of hydrogen-bond acceptors (Lipinski definition) is 7. The second kappa shape index (κ2) is 12.0. The quantitative estimate of drug-likeness (QED) is 0.325. The minimum absolute atomic E-state index is 0.0408. The summed E-state index contributed by atoms with van der Waals surface area (Å²) in [6.07, 6.45) is 9.04. The molecule has 1 aliphatic carbocycles. The topological polar surface area (TPSA) is 115 Å². The van der Waals surface area contributed by atoms with Gasteiger partial charge in [0, 0.05) is 24.8 Å². The summed E-state index contributed by atoms with van der Waals surface area (Å²) < 4.78 is 12.6. The van der Waals surface area contributed by atoms with E-state index in [9.17, 15) is 14.4 Å². The maximum Gasteiger partial charge on any atom is 0.262 e. The smallest absolute Gasteiger partial charge is 0.262 e. The number of fused-ring (bicyclic) bond motifs is 1. The Morgan fingerprint density at radius 1 is 1.11 bits per heavy atom. The third kappa shape index (κ3) is 6.42. The van der Waals surface area contributed by atoms with Crippen LogP contribution in [0.5, 0.6) is 0 Å². The highest BCUT2D eigenvalue weighted by Gasteiger charge is 2.20. The van der Waals surface area contributed by atoms with Crippen LogP contribution in [0.4, 0.5) is 0 Å². The molecule has 2 amide bonds. The van der Waals surface area contributed by atoms with Gasteiger partial charge in [0.15, 0.2) is 5.16 Å². The molecule has 1 saturated carbocycles. The number of hydrogen-bond donors (Lipinski definition) is 2. The van der Waals surface area contributed by atoms with E-state index in [1.807, 2.05) is 0 Å². The van der Waals surface area contributed by atoms with Gasteiger partial charge < -0.3 is 19.8 Å². The van der Waals surface area contributed by atoms with Gasteiger partial charge in [-0.2, -0.15) is 0 Å². The van der Waals surface area contributed by atoms with Gasteiger partial charge in [-0.3, -0.25) is 19.0 Å². The zero-order valence-electron chi connectivity index (χ0n) is 20.7. The standard InChI is InChI=1S/C27H32N4O5S/c32-24(29-19-6-2-1-3-7-19)17-37-27-30-23-14-18(25(33)28-15-20-8-4-12-35-20)10-11-22(23)26(34)31(27)16-21-9-5-13-36-21/h5,9-11,13-14,19-20H,1-4,6-8,12,15-17H2,(H,28,33)(H,29,32)/t20-/m1/s1. The van der Waals surface area contributed by atoms with Crippen molar-refractivity contribution in [3.8, 4) is 0 Å². The average Bonchev–Trinajstić information content (AvgIpc) is 3.63. The number of furan rings is 1. The lowest BCUT2D eigenvalue weighted by molar-refractivity contribution is -0.119. The van der Waals surface area contributed by atoms with Crippen molar-refractivity contribution < 1.29 is 18.7 Å². The van der Waals surface area contributed by atoms with Gasteiger partial charge in [-0.15, -0.1) is 0 Å². The van der Waals surface area contributed by atoms with E-state index in [0.717, 1.165) is 45.1 Å². The largest absolute Gasteiger partial charge is 0.467 e. The zero-order valence-corrected chi connectivity index (χ0v) is 21.6. The number of benzene rings is 1. The van der Waals surface area contributed by atoms with Gasteiger partial charge >= 0.3 is 0 Å². The molecule has 0 radical (unpaired) electrons. The Bertz CT molecular complexity index is 1290. The Hall–Kier alpha value is -3.11. The van der Waals surface area contributed by atoms with Crippen LogP contribution in [0.15, 0.2) is 51.0 Å².